The van der Waals surface area contributed by atoms with Gasteiger partial charge in [-0.25, -0.2) is 0 Å². The Morgan fingerprint density at radius 2 is 2.18 bits per heavy atom. The highest BCUT2D eigenvalue weighted by Crippen LogP contribution is 2.39. The molecule has 0 aromatic rings. The molecule has 0 spiro atoms. The third kappa shape index (κ3) is 5.55. The molecule has 1 unspecified atom stereocenters. The Bertz CT molecular complexity index is 341. The molecule has 0 bridgehead atoms. The van der Waals surface area contributed by atoms with Crippen LogP contribution in [0.4, 0.5) is 0 Å². The Kier molecular flexibility index (Phi) is 8.37. The van der Waals surface area contributed by atoms with Crippen molar-refractivity contribution in [3.8, 4) is 0 Å². The van der Waals surface area contributed by atoms with Gasteiger partial charge in [0.05, 0.1) is 19.1 Å². The number of nitrogens with zero attached hydrogens (tertiary/aromatic N) is 1. The minimum atomic E-state index is -0.250. The van der Waals surface area contributed by atoms with Gasteiger partial charge in [0.1, 0.15) is 0 Å². The summed E-state index contributed by atoms with van der Waals surface area (Å²) in [7, 11) is 1.70. The number of rotatable bonds is 7. The van der Waals surface area contributed by atoms with Gasteiger partial charge >= 0.3 is 0 Å². The number of hydrogen-bond acceptors (Lipinski definition) is 5. The summed E-state index contributed by atoms with van der Waals surface area (Å²) in [5, 5.41) is 19.3. The number of amides is 1. The molecule has 0 aromatic heterocycles. The summed E-state index contributed by atoms with van der Waals surface area (Å²) in [5.41, 5.74) is -0.0238. The van der Waals surface area contributed by atoms with Gasteiger partial charge in [-0.15, -0.1) is 0 Å². The van der Waals surface area contributed by atoms with E-state index in [0.717, 1.165) is 45.5 Å². The Morgan fingerprint density at radius 1 is 1.50 bits per heavy atom. The molecule has 2 rings (SSSR count). The number of ether oxygens (including phenoxy) is 1. The van der Waals surface area contributed by atoms with Crippen LogP contribution in [0.2, 0.25) is 0 Å². The average molecular weight is 316 g/mol. The van der Waals surface area contributed by atoms with Crippen LogP contribution in [-0.4, -0.2) is 74.0 Å². The molecule has 128 valence electrons. The summed E-state index contributed by atoms with van der Waals surface area (Å²) in [4.78, 5) is 22.8. The topological polar surface area (TPSA) is 99.1 Å². The molecule has 1 saturated carbocycles. The maximum Gasteiger partial charge on any atom is 0.290 e. The van der Waals surface area contributed by atoms with E-state index in [-0.39, 0.29) is 30.3 Å². The van der Waals surface area contributed by atoms with Crippen LogP contribution < -0.4 is 5.32 Å². The Hall–Kier alpha value is -1.18. The summed E-state index contributed by atoms with van der Waals surface area (Å²) in [5.74, 6) is 0.257. The fourth-order valence-corrected chi connectivity index (χ4v) is 2.96. The maximum absolute atomic E-state index is 12.1. The minimum Gasteiger partial charge on any atom is -0.483 e. The molecule has 7 nitrogen and oxygen atoms in total. The number of carboxylic acid groups (broad SMARTS) is 1. The first kappa shape index (κ1) is 18.9. The first-order valence-electron chi connectivity index (χ1n) is 7.78. The van der Waals surface area contributed by atoms with Gasteiger partial charge in [-0.05, 0) is 25.8 Å². The second kappa shape index (κ2) is 9.76. The predicted molar refractivity (Wildman–Crippen MR) is 81.5 cm³/mol. The van der Waals surface area contributed by atoms with Crippen molar-refractivity contribution in [2.45, 2.75) is 25.7 Å². The zero-order valence-electron chi connectivity index (χ0n) is 13.3. The average Bonchev–Trinajstić information content (AvgIpc) is 2.94. The SMILES string of the molecule is COCCN1CCC(C(=O)NCC2(CO)CCC2)C1.O=CO. The fourth-order valence-electron chi connectivity index (χ4n) is 2.96. The molecule has 1 saturated heterocycles. The van der Waals surface area contributed by atoms with Crippen LogP contribution in [0.15, 0.2) is 0 Å². The summed E-state index contributed by atoms with van der Waals surface area (Å²) in [6, 6.07) is 0. The lowest BCUT2D eigenvalue weighted by Crippen LogP contribution is -2.46. The number of nitrogens with one attached hydrogen (secondary N) is 1. The first-order chi connectivity index (χ1) is 10.6. The fraction of sp³-hybridized carbons (Fsp3) is 0.867. The van der Waals surface area contributed by atoms with Crippen molar-refractivity contribution < 1.29 is 24.5 Å². The van der Waals surface area contributed by atoms with Crippen LogP contribution in [0.5, 0.6) is 0 Å². The van der Waals surface area contributed by atoms with Crippen LogP contribution >= 0.6 is 0 Å². The van der Waals surface area contributed by atoms with E-state index >= 15 is 0 Å². The maximum atomic E-state index is 12.1. The molecule has 2 fully saturated rings. The number of carbonyl (C=O) groups excluding carboxylic acids is 1. The molecule has 22 heavy (non-hydrogen) atoms. The first-order valence-corrected chi connectivity index (χ1v) is 7.78. The smallest absolute Gasteiger partial charge is 0.290 e. The summed E-state index contributed by atoms with van der Waals surface area (Å²) < 4.78 is 5.06. The molecule has 2 aliphatic rings. The van der Waals surface area contributed by atoms with E-state index < -0.39 is 0 Å². The third-order valence-corrected chi connectivity index (χ3v) is 4.64. The summed E-state index contributed by atoms with van der Waals surface area (Å²) in [6.45, 7) is 4.02. The number of methoxy groups -OCH3 is 1. The van der Waals surface area contributed by atoms with Crippen molar-refractivity contribution >= 4 is 12.4 Å². The number of likely N-dealkylation sites (tertiary alicyclic amines) is 1. The van der Waals surface area contributed by atoms with Gasteiger partial charge in [0.15, 0.2) is 0 Å². The normalized spacial score (nSPS) is 23.1. The van der Waals surface area contributed by atoms with Gasteiger partial charge in [0.25, 0.3) is 6.47 Å². The molecule has 1 heterocycles. The molecular weight excluding hydrogens is 288 g/mol. The van der Waals surface area contributed by atoms with Crippen LogP contribution in [0, 0.1) is 11.3 Å². The lowest BCUT2D eigenvalue weighted by atomic mass is 9.69. The molecule has 1 aliphatic carbocycles. The van der Waals surface area contributed by atoms with E-state index in [2.05, 4.69) is 10.2 Å². The van der Waals surface area contributed by atoms with Crippen molar-refractivity contribution in [1.29, 1.82) is 0 Å². The Balaban J connectivity index is 0.000000745. The zero-order valence-corrected chi connectivity index (χ0v) is 13.3. The minimum absolute atomic E-state index is 0.0238. The molecular formula is C15H28N2O5. The van der Waals surface area contributed by atoms with E-state index in [1.165, 1.54) is 6.42 Å². The van der Waals surface area contributed by atoms with Gasteiger partial charge in [-0.3, -0.25) is 9.59 Å². The summed E-state index contributed by atoms with van der Waals surface area (Å²) in [6.07, 6.45) is 4.18. The Morgan fingerprint density at radius 3 is 2.68 bits per heavy atom. The molecule has 7 heteroatoms. The second-order valence-corrected chi connectivity index (χ2v) is 6.11. The van der Waals surface area contributed by atoms with Crippen LogP contribution in [0.1, 0.15) is 25.7 Å². The highest BCUT2D eigenvalue weighted by atomic mass is 16.5. The predicted octanol–water partition coefficient (Wildman–Crippen LogP) is -0.0657. The van der Waals surface area contributed by atoms with E-state index in [9.17, 15) is 9.90 Å². The largest absolute Gasteiger partial charge is 0.483 e. The molecule has 1 aliphatic heterocycles. The van der Waals surface area contributed by atoms with Crippen LogP contribution in [-0.2, 0) is 14.3 Å². The second-order valence-electron chi connectivity index (χ2n) is 6.11. The lowest BCUT2D eigenvalue weighted by molar-refractivity contribution is -0.126. The monoisotopic (exact) mass is 316 g/mol. The van der Waals surface area contributed by atoms with Gasteiger partial charge in [0.2, 0.25) is 5.91 Å². The molecule has 1 amide bonds. The van der Waals surface area contributed by atoms with Gasteiger partial charge < -0.3 is 25.2 Å². The summed E-state index contributed by atoms with van der Waals surface area (Å²) >= 11 is 0. The number of aliphatic hydroxyl groups excluding tert-OH is 1. The van der Waals surface area contributed by atoms with E-state index in [1.807, 2.05) is 0 Å². The quantitative estimate of drug-likeness (QED) is 0.569. The number of aliphatic hydroxyl groups is 1. The van der Waals surface area contributed by atoms with Crippen LogP contribution in [0.25, 0.3) is 0 Å². The van der Waals surface area contributed by atoms with Crippen molar-refractivity contribution in [2.75, 3.05) is 46.5 Å². The van der Waals surface area contributed by atoms with E-state index in [1.54, 1.807) is 7.11 Å². The van der Waals surface area contributed by atoms with Crippen molar-refractivity contribution in [3.63, 3.8) is 0 Å². The van der Waals surface area contributed by atoms with Gasteiger partial charge in [0, 0.05) is 32.2 Å². The van der Waals surface area contributed by atoms with E-state index in [4.69, 9.17) is 14.6 Å². The highest BCUT2D eigenvalue weighted by molar-refractivity contribution is 5.79. The molecule has 3 N–H and O–H groups in total. The lowest BCUT2D eigenvalue weighted by Gasteiger charge is -2.40. The highest BCUT2D eigenvalue weighted by Gasteiger charge is 2.37. The Labute approximate surface area is 131 Å². The number of carbonyl (C=O) groups is 2. The third-order valence-electron chi connectivity index (χ3n) is 4.64. The van der Waals surface area contributed by atoms with E-state index in [0.29, 0.717) is 6.54 Å². The van der Waals surface area contributed by atoms with Crippen molar-refractivity contribution in [1.82, 2.24) is 10.2 Å². The van der Waals surface area contributed by atoms with Crippen molar-refractivity contribution in [2.24, 2.45) is 11.3 Å². The van der Waals surface area contributed by atoms with Crippen LogP contribution in [0.3, 0.4) is 0 Å². The molecule has 0 radical (unpaired) electrons. The van der Waals surface area contributed by atoms with Gasteiger partial charge in [-0.1, -0.05) is 6.42 Å². The van der Waals surface area contributed by atoms with Crippen molar-refractivity contribution in [3.05, 3.63) is 0 Å². The molecule has 1 atom stereocenters. The zero-order chi connectivity index (χ0) is 16.4. The molecule has 0 aromatic carbocycles. The van der Waals surface area contributed by atoms with Gasteiger partial charge in [-0.2, -0.15) is 0 Å². The standard InChI is InChI=1S/C14H26N2O3.CH2O2/c1-19-8-7-16-6-3-12(9-16)13(18)15-10-14(11-17)4-2-5-14;2-1-3/h12,17H,2-11H2,1H3,(H,15,18);1H,(H,2,3). The number of hydrogen-bond donors (Lipinski definition) is 3.